The Morgan fingerprint density at radius 2 is 1.79 bits per heavy atom. The average Bonchev–Trinajstić information content (AvgIpc) is 3.17. The Hall–Kier alpha value is -3.42. The van der Waals surface area contributed by atoms with Crippen molar-refractivity contribution >= 4 is 22.6 Å². The Morgan fingerprint density at radius 1 is 1.00 bits per heavy atom. The second-order valence-electron chi connectivity index (χ2n) is 5.34. The third kappa shape index (κ3) is 1.62. The van der Waals surface area contributed by atoms with Crippen LogP contribution in [0.15, 0.2) is 47.6 Å². The van der Waals surface area contributed by atoms with E-state index in [0.29, 0.717) is 22.4 Å². The normalized spacial score (nSPS) is 12.8. The molecule has 6 nitrogen and oxygen atoms in total. The lowest BCUT2D eigenvalue weighted by atomic mass is 10.1. The van der Waals surface area contributed by atoms with Crippen molar-refractivity contribution < 1.29 is 8.78 Å². The van der Waals surface area contributed by atoms with Crippen LogP contribution in [-0.2, 0) is 0 Å². The number of nitrogens with zero attached hydrogens (tertiary/aromatic N) is 5. The molecule has 1 aliphatic heterocycles. The zero-order chi connectivity index (χ0) is 16.3. The Balaban J connectivity index is 1.95. The van der Waals surface area contributed by atoms with E-state index in [1.807, 2.05) is 12.1 Å². The van der Waals surface area contributed by atoms with Crippen LogP contribution in [0, 0.1) is 11.6 Å². The van der Waals surface area contributed by atoms with Gasteiger partial charge in [0.15, 0.2) is 5.84 Å². The predicted octanol–water partition coefficient (Wildman–Crippen LogP) is 3.04. The molecule has 2 aromatic heterocycles. The van der Waals surface area contributed by atoms with E-state index < -0.39 is 11.6 Å². The van der Waals surface area contributed by atoms with E-state index in [0.717, 1.165) is 5.56 Å². The van der Waals surface area contributed by atoms with Gasteiger partial charge in [0.2, 0.25) is 0 Å². The second-order valence-corrected chi connectivity index (χ2v) is 5.34. The van der Waals surface area contributed by atoms with Crippen LogP contribution in [0.2, 0.25) is 0 Å². The quantitative estimate of drug-likeness (QED) is 0.515. The Bertz CT molecular complexity index is 1120. The van der Waals surface area contributed by atoms with Crippen molar-refractivity contribution in [1.82, 2.24) is 25.2 Å². The number of fused-ring (bicyclic) bond motifs is 2. The van der Waals surface area contributed by atoms with E-state index in [4.69, 9.17) is 0 Å². The topological polar surface area (TPSA) is 71.8 Å². The minimum atomic E-state index is -0.721. The molecule has 0 atom stereocenters. The molecular weight excluding hydrogens is 314 g/mol. The number of para-hydroxylation sites is 1. The van der Waals surface area contributed by atoms with Gasteiger partial charge in [-0.3, -0.25) is 5.10 Å². The first-order chi connectivity index (χ1) is 11.7. The molecule has 0 bridgehead atoms. The van der Waals surface area contributed by atoms with E-state index in [1.165, 1.54) is 29.1 Å². The number of H-pyrrole nitrogens is 1. The summed E-state index contributed by atoms with van der Waals surface area (Å²) in [7, 11) is 0. The van der Waals surface area contributed by atoms with Gasteiger partial charge in [0.1, 0.15) is 28.4 Å². The maximum Gasteiger partial charge on any atom is 0.169 e. The summed E-state index contributed by atoms with van der Waals surface area (Å²) in [5, 5.41) is 15.0. The number of nitrogens with one attached hydrogen (secondary N) is 1. The Labute approximate surface area is 133 Å². The summed E-state index contributed by atoms with van der Waals surface area (Å²) in [5.74, 6) is -1.41. The smallest absolute Gasteiger partial charge is 0.169 e. The molecule has 1 N–H and O–H groups in total. The van der Waals surface area contributed by atoms with Crippen molar-refractivity contribution in [3.63, 3.8) is 0 Å². The Kier molecular flexibility index (Phi) is 2.47. The van der Waals surface area contributed by atoms with Gasteiger partial charge in [0.05, 0.1) is 17.5 Å². The number of hydrogen-bond acceptors (Lipinski definition) is 4. The van der Waals surface area contributed by atoms with Crippen LogP contribution in [-0.4, -0.2) is 31.0 Å². The molecule has 0 unspecified atom stereocenters. The van der Waals surface area contributed by atoms with Crippen LogP contribution < -0.4 is 0 Å². The summed E-state index contributed by atoms with van der Waals surface area (Å²) in [5.41, 5.74) is 2.84. The van der Waals surface area contributed by atoms with Crippen molar-refractivity contribution in [1.29, 1.82) is 0 Å². The SMILES string of the molecule is Fc1cccc(F)c1C1=Nc2cn[nH]c2-c2cccc3nnn1c23. The molecule has 3 heterocycles. The predicted molar refractivity (Wildman–Crippen MR) is 83.1 cm³/mol. The molecule has 0 aliphatic carbocycles. The molecule has 5 rings (SSSR count). The van der Waals surface area contributed by atoms with Crippen molar-refractivity contribution in [3.8, 4) is 11.3 Å². The number of aromatic amines is 1. The van der Waals surface area contributed by atoms with E-state index in [-0.39, 0.29) is 11.4 Å². The van der Waals surface area contributed by atoms with E-state index >= 15 is 0 Å². The van der Waals surface area contributed by atoms with Crippen LogP contribution in [0.1, 0.15) is 5.56 Å². The van der Waals surface area contributed by atoms with Crippen molar-refractivity contribution in [2.24, 2.45) is 4.99 Å². The summed E-state index contributed by atoms with van der Waals surface area (Å²) in [6.45, 7) is 0. The monoisotopic (exact) mass is 322 g/mol. The molecule has 24 heavy (non-hydrogen) atoms. The lowest BCUT2D eigenvalue weighted by Crippen LogP contribution is -2.18. The van der Waals surface area contributed by atoms with Gasteiger partial charge in [-0.2, -0.15) is 9.78 Å². The average molecular weight is 322 g/mol. The van der Waals surface area contributed by atoms with Gasteiger partial charge in [0.25, 0.3) is 0 Å². The molecule has 0 radical (unpaired) electrons. The molecule has 0 saturated carbocycles. The summed E-state index contributed by atoms with van der Waals surface area (Å²) < 4.78 is 30.0. The van der Waals surface area contributed by atoms with Gasteiger partial charge < -0.3 is 0 Å². The van der Waals surface area contributed by atoms with Crippen LogP contribution in [0.5, 0.6) is 0 Å². The molecular formula is C16H8F2N6. The summed E-state index contributed by atoms with van der Waals surface area (Å²) in [6, 6.07) is 9.13. The first-order valence-corrected chi connectivity index (χ1v) is 7.15. The van der Waals surface area contributed by atoms with Crippen LogP contribution in [0.4, 0.5) is 14.5 Å². The molecule has 8 heteroatoms. The first-order valence-electron chi connectivity index (χ1n) is 7.15. The highest BCUT2D eigenvalue weighted by Gasteiger charge is 2.26. The molecule has 116 valence electrons. The van der Waals surface area contributed by atoms with Gasteiger partial charge in [0, 0.05) is 5.56 Å². The molecule has 0 spiro atoms. The third-order valence-corrected chi connectivity index (χ3v) is 3.97. The van der Waals surface area contributed by atoms with Crippen LogP contribution >= 0.6 is 0 Å². The first kappa shape index (κ1) is 13.1. The highest BCUT2D eigenvalue weighted by molar-refractivity contribution is 6.10. The second kappa shape index (κ2) is 4.54. The fourth-order valence-corrected chi connectivity index (χ4v) is 2.92. The molecule has 0 fully saturated rings. The minimum absolute atomic E-state index is 0.0284. The third-order valence-electron chi connectivity index (χ3n) is 3.97. The number of rotatable bonds is 1. The standard InChI is InChI=1S/C16H8F2N6/c17-9-4-2-5-10(18)13(9)16-20-12-7-19-22-14(12)8-3-1-6-11-15(8)24(16)23-21-11/h1-7H,(H,19,22). The van der Waals surface area contributed by atoms with Gasteiger partial charge in [-0.1, -0.05) is 23.4 Å². The molecule has 0 amide bonds. The summed E-state index contributed by atoms with van der Waals surface area (Å²) >= 11 is 0. The van der Waals surface area contributed by atoms with Gasteiger partial charge in [-0.15, -0.1) is 5.10 Å². The molecule has 4 aromatic rings. The maximum atomic E-state index is 14.3. The Morgan fingerprint density at radius 3 is 2.62 bits per heavy atom. The highest BCUT2D eigenvalue weighted by atomic mass is 19.1. The van der Waals surface area contributed by atoms with Crippen LogP contribution in [0.25, 0.3) is 22.3 Å². The zero-order valence-corrected chi connectivity index (χ0v) is 12.0. The lowest BCUT2D eigenvalue weighted by molar-refractivity contribution is 0.577. The number of benzene rings is 2. The fourth-order valence-electron chi connectivity index (χ4n) is 2.92. The molecule has 1 aliphatic rings. The summed E-state index contributed by atoms with van der Waals surface area (Å²) in [6.07, 6.45) is 1.51. The lowest BCUT2D eigenvalue weighted by Gasteiger charge is -2.08. The van der Waals surface area contributed by atoms with Crippen molar-refractivity contribution in [3.05, 3.63) is 59.8 Å². The maximum absolute atomic E-state index is 14.3. The fraction of sp³-hybridized carbons (Fsp3) is 0. The molecule has 0 saturated heterocycles. The van der Waals surface area contributed by atoms with Crippen molar-refractivity contribution in [2.75, 3.05) is 0 Å². The summed E-state index contributed by atoms with van der Waals surface area (Å²) in [4.78, 5) is 4.41. The van der Waals surface area contributed by atoms with E-state index in [1.54, 1.807) is 6.07 Å². The van der Waals surface area contributed by atoms with Gasteiger partial charge in [-0.05, 0) is 18.2 Å². The van der Waals surface area contributed by atoms with Crippen molar-refractivity contribution in [2.45, 2.75) is 0 Å². The zero-order valence-electron chi connectivity index (χ0n) is 12.0. The van der Waals surface area contributed by atoms with E-state index in [2.05, 4.69) is 25.5 Å². The molecule has 2 aromatic carbocycles. The van der Waals surface area contributed by atoms with E-state index in [9.17, 15) is 8.78 Å². The number of halogens is 2. The largest absolute Gasteiger partial charge is 0.275 e. The van der Waals surface area contributed by atoms with Gasteiger partial charge >= 0.3 is 0 Å². The number of hydrogen-bond donors (Lipinski definition) is 1. The highest BCUT2D eigenvalue weighted by Crippen LogP contribution is 2.36. The number of aromatic nitrogens is 5. The minimum Gasteiger partial charge on any atom is -0.275 e. The van der Waals surface area contributed by atoms with Crippen LogP contribution in [0.3, 0.4) is 0 Å². The van der Waals surface area contributed by atoms with Gasteiger partial charge in [-0.25, -0.2) is 13.8 Å². The number of aliphatic imine (C=N–C) groups is 1.